The number of nitrogens with zero attached hydrogens (tertiary/aromatic N) is 2. The number of ether oxygens (including phenoxy) is 2. The van der Waals surface area contributed by atoms with Crippen molar-refractivity contribution >= 4 is 38.1 Å². The number of aliphatic hydroxyl groups is 1. The Hall–Kier alpha value is -3.32. The van der Waals surface area contributed by atoms with Gasteiger partial charge in [-0.05, 0) is 73.9 Å². The number of carbonyl (C=O) groups is 2. The topological polar surface area (TPSA) is 135 Å². The molecule has 1 atom stereocenters. The first-order valence-electron chi connectivity index (χ1n) is 14.2. The van der Waals surface area contributed by atoms with E-state index >= 15 is 0 Å². The summed E-state index contributed by atoms with van der Waals surface area (Å²) >= 11 is 1.17. The van der Waals surface area contributed by atoms with Gasteiger partial charge in [-0.2, -0.15) is 0 Å². The van der Waals surface area contributed by atoms with E-state index in [1.165, 1.54) is 17.5 Å². The van der Waals surface area contributed by atoms with E-state index in [4.69, 9.17) is 9.47 Å². The number of hydrogen-bond acceptors (Lipinski definition) is 9. The minimum absolute atomic E-state index is 0.170. The molecule has 3 aromatic rings. The number of rotatable bonds is 10. The number of amides is 2. The zero-order valence-electron chi connectivity index (χ0n) is 23.0. The number of thiazole rings is 1. The third-order valence-corrected chi connectivity index (χ3v) is 11.0. The molecule has 2 aliphatic heterocycles. The van der Waals surface area contributed by atoms with Crippen LogP contribution < -0.4 is 10.1 Å². The van der Waals surface area contributed by atoms with Crippen molar-refractivity contribution in [2.75, 3.05) is 31.6 Å². The Morgan fingerprint density at radius 3 is 2.52 bits per heavy atom. The number of carbonyl (C=O) groups excluding carboxylic acids is 2. The molecule has 0 bridgehead atoms. The summed E-state index contributed by atoms with van der Waals surface area (Å²) in [6.07, 6.45) is 4.80. The molecule has 6 rings (SSSR count). The Kier molecular flexibility index (Phi) is 8.30. The summed E-state index contributed by atoms with van der Waals surface area (Å²) in [7, 11) is -3.31. The highest BCUT2D eigenvalue weighted by Gasteiger charge is 2.37. The van der Waals surface area contributed by atoms with E-state index in [-0.39, 0.29) is 17.1 Å². The molecule has 1 aromatic heterocycles. The Bertz CT molecular complexity index is 1540. The maximum Gasteiger partial charge on any atom is 0.254 e. The zero-order chi connectivity index (χ0) is 29.3. The Labute approximate surface area is 248 Å². The van der Waals surface area contributed by atoms with Gasteiger partial charge in [-0.15, -0.1) is 0 Å². The SMILES string of the molecule is O=C(Nc1ncc(Oc2cccc(C(=O)N3CC(O)C3)c2)s1)[C@H](CC1CCOCC1)c1ccc(S(=O)(=O)C2CC2)cc1. The molecule has 1 saturated carbocycles. The third kappa shape index (κ3) is 6.51. The van der Waals surface area contributed by atoms with Crippen LogP contribution in [0.2, 0.25) is 0 Å². The number of hydrogen-bond donors (Lipinski definition) is 2. The van der Waals surface area contributed by atoms with E-state index < -0.39 is 21.9 Å². The first kappa shape index (κ1) is 28.8. The predicted octanol–water partition coefficient (Wildman–Crippen LogP) is 4.23. The molecule has 3 heterocycles. The van der Waals surface area contributed by atoms with Gasteiger partial charge in [0, 0.05) is 31.9 Å². The fourth-order valence-electron chi connectivity index (χ4n) is 5.34. The van der Waals surface area contributed by atoms with Crippen LogP contribution in [0.1, 0.15) is 53.9 Å². The van der Waals surface area contributed by atoms with Crippen molar-refractivity contribution in [2.24, 2.45) is 5.92 Å². The van der Waals surface area contributed by atoms with Crippen LogP contribution in [-0.2, 0) is 19.4 Å². The lowest BCUT2D eigenvalue weighted by molar-refractivity contribution is -0.118. The van der Waals surface area contributed by atoms with E-state index in [9.17, 15) is 23.1 Å². The van der Waals surface area contributed by atoms with Gasteiger partial charge in [-0.3, -0.25) is 9.59 Å². The Morgan fingerprint density at radius 2 is 1.83 bits per heavy atom. The molecule has 1 aliphatic carbocycles. The van der Waals surface area contributed by atoms with Gasteiger partial charge >= 0.3 is 0 Å². The molecule has 2 N–H and O–H groups in total. The molecule has 0 radical (unpaired) electrons. The fourth-order valence-corrected chi connectivity index (χ4v) is 7.69. The van der Waals surface area contributed by atoms with Crippen LogP contribution in [0.5, 0.6) is 10.8 Å². The van der Waals surface area contributed by atoms with Gasteiger partial charge in [0.25, 0.3) is 5.91 Å². The Morgan fingerprint density at radius 1 is 1.10 bits per heavy atom. The van der Waals surface area contributed by atoms with E-state index in [1.807, 2.05) is 0 Å². The molecule has 10 nitrogen and oxygen atoms in total. The van der Waals surface area contributed by atoms with Crippen LogP contribution in [0.25, 0.3) is 0 Å². The van der Waals surface area contributed by atoms with Crippen molar-refractivity contribution in [1.82, 2.24) is 9.88 Å². The molecular weight excluding hydrogens is 578 g/mol. The molecular formula is C30H33N3O7S2. The molecule has 3 fully saturated rings. The van der Waals surface area contributed by atoms with Crippen LogP contribution in [0.15, 0.2) is 59.6 Å². The van der Waals surface area contributed by atoms with Gasteiger partial charge in [-0.1, -0.05) is 29.5 Å². The van der Waals surface area contributed by atoms with Crippen molar-refractivity contribution in [2.45, 2.75) is 54.3 Å². The minimum Gasteiger partial charge on any atom is -0.445 e. The quantitative estimate of drug-likeness (QED) is 0.348. The van der Waals surface area contributed by atoms with Crippen molar-refractivity contribution < 1.29 is 32.6 Å². The molecule has 2 aromatic carbocycles. The second-order valence-electron chi connectivity index (χ2n) is 11.1. The van der Waals surface area contributed by atoms with Crippen LogP contribution in [-0.4, -0.2) is 72.9 Å². The molecule has 42 heavy (non-hydrogen) atoms. The van der Waals surface area contributed by atoms with E-state index in [1.54, 1.807) is 53.4 Å². The summed E-state index contributed by atoms with van der Waals surface area (Å²) < 4.78 is 36.8. The number of β-amino-alcohol motifs (C(OH)–C–C–N with tert-alkyl or cyclic N) is 1. The monoisotopic (exact) mass is 611 g/mol. The number of anilines is 1. The van der Waals surface area contributed by atoms with E-state index in [0.29, 0.717) is 77.9 Å². The lowest BCUT2D eigenvalue weighted by Gasteiger charge is -2.35. The lowest BCUT2D eigenvalue weighted by atomic mass is 9.84. The van der Waals surface area contributed by atoms with Crippen LogP contribution in [0.4, 0.5) is 5.13 Å². The van der Waals surface area contributed by atoms with Crippen LogP contribution >= 0.6 is 11.3 Å². The van der Waals surface area contributed by atoms with Crippen molar-refractivity contribution in [3.8, 4) is 10.8 Å². The second-order valence-corrected chi connectivity index (χ2v) is 14.3. The lowest BCUT2D eigenvalue weighted by Crippen LogP contribution is -2.53. The molecule has 222 valence electrons. The van der Waals surface area contributed by atoms with Gasteiger partial charge in [0.1, 0.15) is 5.75 Å². The second kappa shape index (κ2) is 12.1. The summed E-state index contributed by atoms with van der Waals surface area (Å²) in [4.78, 5) is 32.4. The van der Waals surface area contributed by atoms with Crippen molar-refractivity contribution in [3.63, 3.8) is 0 Å². The highest BCUT2D eigenvalue weighted by atomic mass is 32.2. The molecule has 12 heteroatoms. The van der Waals surface area contributed by atoms with E-state index in [2.05, 4.69) is 10.3 Å². The summed E-state index contributed by atoms with van der Waals surface area (Å²) in [6, 6.07) is 13.5. The molecule has 3 aliphatic rings. The Balaban J connectivity index is 1.14. The number of benzene rings is 2. The highest BCUT2D eigenvalue weighted by Crippen LogP contribution is 2.36. The standard InChI is InChI=1S/C30H33N3O7S2/c34-22-17-33(18-22)29(36)21-2-1-3-23(15-21)40-27-16-31-30(41-27)32-28(35)26(14-19-10-12-39-13-11-19)20-4-6-24(7-5-20)42(37,38)25-8-9-25/h1-7,15-16,19,22,25-26,34H,8-14,17-18H2,(H,31,32,35)/t26-/m1/s1. The molecule has 0 unspecified atom stereocenters. The first-order chi connectivity index (χ1) is 20.3. The van der Waals surface area contributed by atoms with Gasteiger partial charge in [0.2, 0.25) is 11.0 Å². The molecule has 2 saturated heterocycles. The highest BCUT2D eigenvalue weighted by molar-refractivity contribution is 7.92. The number of aromatic nitrogens is 1. The summed E-state index contributed by atoms with van der Waals surface area (Å²) in [5.74, 6) is -0.0980. The van der Waals surface area contributed by atoms with E-state index in [0.717, 1.165) is 18.4 Å². The van der Waals surface area contributed by atoms with Crippen molar-refractivity contribution in [1.29, 1.82) is 0 Å². The summed E-state index contributed by atoms with van der Waals surface area (Å²) in [6.45, 7) is 1.97. The average molecular weight is 612 g/mol. The average Bonchev–Trinajstić information content (AvgIpc) is 3.76. The number of likely N-dealkylation sites (tertiary alicyclic amines) is 1. The number of sulfone groups is 1. The number of nitrogens with one attached hydrogen (secondary N) is 1. The van der Waals surface area contributed by atoms with Gasteiger partial charge in [0.05, 0.1) is 28.4 Å². The van der Waals surface area contributed by atoms with Crippen LogP contribution in [0, 0.1) is 5.92 Å². The van der Waals surface area contributed by atoms with Crippen LogP contribution in [0.3, 0.4) is 0 Å². The maximum atomic E-state index is 13.6. The minimum atomic E-state index is -3.31. The number of aliphatic hydroxyl groups excluding tert-OH is 1. The third-order valence-electron chi connectivity index (χ3n) is 7.96. The zero-order valence-corrected chi connectivity index (χ0v) is 24.6. The predicted molar refractivity (Wildman–Crippen MR) is 157 cm³/mol. The summed E-state index contributed by atoms with van der Waals surface area (Å²) in [5.41, 5.74) is 1.22. The van der Waals surface area contributed by atoms with Crippen molar-refractivity contribution in [3.05, 3.63) is 65.9 Å². The normalized spacial score (nSPS) is 18.7. The summed E-state index contributed by atoms with van der Waals surface area (Å²) in [5, 5.41) is 13.0. The fraction of sp³-hybridized carbons (Fsp3) is 0.433. The van der Waals surface area contributed by atoms with Gasteiger partial charge in [-0.25, -0.2) is 13.4 Å². The largest absolute Gasteiger partial charge is 0.445 e. The first-order valence-corrected chi connectivity index (χ1v) is 16.6. The maximum absolute atomic E-state index is 13.6. The molecule has 2 amide bonds. The van der Waals surface area contributed by atoms with Gasteiger partial charge in [0.15, 0.2) is 15.0 Å². The molecule has 0 spiro atoms. The van der Waals surface area contributed by atoms with Gasteiger partial charge < -0.3 is 24.8 Å². The smallest absolute Gasteiger partial charge is 0.254 e.